The molecule has 0 N–H and O–H groups in total. The summed E-state index contributed by atoms with van der Waals surface area (Å²) in [6.45, 7) is 0. The minimum atomic E-state index is 1.19. The number of aromatic nitrogens is 8. The van der Waals surface area contributed by atoms with Crippen molar-refractivity contribution in [1.29, 1.82) is 0 Å². The molecule has 19 aromatic carbocycles. The van der Waals surface area contributed by atoms with Gasteiger partial charge in [-0.2, -0.15) is 0 Å². The van der Waals surface area contributed by atoms with Gasteiger partial charge < -0.3 is 36.5 Å². The van der Waals surface area contributed by atoms with E-state index in [0.29, 0.717) is 0 Å². The molecule has 0 bridgehead atoms. The molecule has 0 radical (unpaired) electrons. The fraction of sp³-hybridized carbons (Fsp3) is 0.0339. The van der Waals surface area contributed by atoms with E-state index in [9.17, 15) is 0 Å². The second kappa shape index (κ2) is 29.7. The number of para-hydroxylation sites is 9. The van der Waals surface area contributed by atoms with Crippen molar-refractivity contribution in [2.24, 2.45) is 28.2 Å². The van der Waals surface area contributed by atoms with Gasteiger partial charge in [0.15, 0.2) is 0 Å². The van der Waals surface area contributed by atoms with E-state index >= 15 is 0 Å². The van der Waals surface area contributed by atoms with Gasteiger partial charge in [-0.1, -0.05) is 279 Å². The average Bonchev–Trinajstić information content (AvgIpc) is 1.59. The molecule has 596 valence electrons. The smallest absolute Gasteiger partial charge is 0.0541 e. The van der Waals surface area contributed by atoms with Gasteiger partial charge in [0.2, 0.25) is 0 Å². The zero-order chi connectivity index (χ0) is 83.8. The molecule has 8 heterocycles. The molecular weight excluding hydrogens is 1530 g/mol. The third-order valence-corrected chi connectivity index (χ3v) is 26.5. The highest BCUT2D eigenvalue weighted by Crippen LogP contribution is 2.43. The third kappa shape index (κ3) is 11.8. The first-order chi connectivity index (χ1) is 62.2. The highest BCUT2D eigenvalue weighted by Gasteiger charge is 2.22. The molecule has 0 fully saturated rings. The molecule has 8 heteroatoms. The fourth-order valence-electron chi connectivity index (χ4n) is 20.6. The van der Waals surface area contributed by atoms with Crippen molar-refractivity contribution in [3.05, 3.63) is 437 Å². The number of nitrogens with zero attached hydrogens (tertiary/aromatic N) is 8. The summed E-state index contributed by atoms with van der Waals surface area (Å²) >= 11 is 0. The Kier molecular flexibility index (Phi) is 17.3. The summed E-state index contributed by atoms with van der Waals surface area (Å²) in [7, 11) is 8.62. The second-order valence-electron chi connectivity index (χ2n) is 33.3. The predicted molar refractivity (Wildman–Crippen MR) is 535 cm³/mol. The summed E-state index contributed by atoms with van der Waals surface area (Å²) in [5.74, 6) is 0. The van der Waals surface area contributed by atoms with Gasteiger partial charge >= 0.3 is 0 Å². The average molecular weight is 1610 g/mol. The first-order valence-electron chi connectivity index (χ1n) is 43.4. The van der Waals surface area contributed by atoms with E-state index in [1.807, 2.05) is 0 Å². The van der Waals surface area contributed by atoms with Crippen LogP contribution in [0.15, 0.2) is 437 Å². The van der Waals surface area contributed by atoms with Crippen molar-refractivity contribution < 1.29 is 0 Å². The standard InChI is InChI=1S/3C31H22N2.C25H18N2/c1-32-28-13-7-5-11-24(28)27-20-23(16-18-29(27)32)33-30-14-8-6-12-25(30)26-19-22(15-17-31(26)33)21-9-3-2-4-10-21;1-32-28-17-15-22(21-9-3-2-4-10-21)19-26(28)27-20-23(16-18-29(27)32)33-30-13-7-5-11-24(30)25-12-6-8-14-31(25)33;1-32-28-18-16-23(33-29-13-7-5-11-24(29)25-12-6-8-14-30(25)33)20-27(28)26-17-15-22(19-31(26)32)21-9-3-2-4-10-21;1-26-22-11-5-2-10-20(22)21-16-17(14-15-23(21)26)27-24-12-6-3-8-18(24)19-9-4-7-13-25(19)27/h3*2-20H,1H3;2-16H,1H3. The molecule has 8 aromatic heterocycles. The number of hydrogen-bond acceptors (Lipinski definition) is 0. The Morgan fingerprint density at radius 1 is 0.111 bits per heavy atom. The summed E-state index contributed by atoms with van der Waals surface area (Å²) < 4.78 is 18.7. The summed E-state index contributed by atoms with van der Waals surface area (Å²) in [6, 6.07) is 158. The van der Waals surface area contributed by atoms with Gasteiger partial charge in [0.05, 0.1) is 44.1 Å². The molecule has 8 nitrogen and oxygen atoms in total. The molecule has 0 aliphatic heterocycles. The summed E-state index contributed by atoms with van der Waals surface area (Å²) in [6.07, 6.45) is 0. The summed E-state index contributed by atoms with van der Waals surface area (Å²) in [5, 5.41) is 20.6. The van der Waals surface area contributed by atoms with Crippen LogP contribution in [0.2, 0.25) is 0 Å². The summed E-state index contributed by atoms with van der Waals surface area (Å²) in [4.78, 5) is 0. The number of fused-ring (bicyclic) bond motifs is 24. The van der Waals surface area contributed by atoms with E-state index in [0.717, 1.165) is 0 Å². The number of benzene rings is 19. The molecule has 126 heavy (non-hydrogen) atoms. The second-order valence-corrected chi connectivity index (χ2v) is 33.3. The van der Waals surface area contributed by atoms with Crippen molar-refractivity contribution in [3.8, 4) is 56.1 Å². The van der Waals surface area contributed by atoms with Crippen LogP contribution in [-0.2, 0) is 28.2 Å². The fourth-order valence-corrected chi connectivity index (χ4v) is 20.6. The third-order valence-electron chi connectivity index (χ3n) is 26.5. The summed E-state index contributed by atoms with van der Waals surface area (Å²) in [5.41, 5.74) is 32.2. The van der Waals surface area contributed by atoms with Gasteiger partial charge in [0, 0.05) is 181 Å². The van der Waals surface area contributed by atoms with Crippen LogP contribution in [0.5, 0.6) is 0 Å². The zero-order valence-corrected chi connectivity index (χ0v) is 70.1. The van der Waals surface area contributed by atoms with E-state index in [4.69, 9.17) is 0 Å². The zero-order valence-electron chi connectivity index (χ0n) is 70.1. The molecule has 27 rings (SSSR count). The van der Waals surface area contributed by atoms with Gasteiger partial charge in [-0.15, -0.1) is 0 Å². The highest BCUT2D eigenvalue weighted by atomic mass is 15.0. The van der Waals surface area contributed by atoms with Crippen LogP contribution in [0, 0.1) is 0 Å². The van der Waals surface area contributed by atoms with Crippen LogP contribution < -0.4 is 0 Å². The van der Waals surface area contributed by atoms with Crippen molar-refractivity contribution in [1.82, 2.24) is 36.5 Å². The largest absolute Gasteiger partial charge is 0.344 e. The van der Waals surface area contributed by atoms with Crippen LogP contribution in [0.3, 0.4) is 0 Å². The molecular formula is C118H84N8. The SMILES string of the molecule is Cn1c2ccc(-c3ccccc3)cc2c2cc(-n3c4ccccc4c4ccccc43)ccc21.Cn1c2ccc(-n3c4ccccc4c4ccccc43)cc2c2ccc(-c3ccccc3)cc21.Cn1c2ccccc2c2cc(-n3c4ccccc4c4cc(-c5ccccc5)ccc43)ccc21.Cn1c2ccccc2c2cc(-n3c4ccccc4c4ccccc43)ccc21. The Balaban J connectivity index is 0.0000000942. The molecule has 0 spiro atoms. The van der Waals surface area contributed by atoms with Crippen molar-refractivity contribution >= 4 is 174 Å². The van der Waals surface area contributed by atoms with Gasteiger partial charge in [-0.3, -0.25) is 0 Å². The quantitative estimate of drug-likeness (QED) is 0.153. The van der Waals surface area contributed by atoms with Crippen LogP contribution >= 0.6 is 0 Å². The topological polar surface area (TPSA) is 39.4 Å². The molecule has 0 saturated carbocycles. The molecule has 0 atom stereocenters. The van der Waals surface area contributed by atoms with E-state index in [1.165, 1.54) is 231 Å². The number of hydrogen-bond donors (Lipinski definition) is 0. The van der Waals surface area contributed by atoms with Gasteiger partial charge in [0.25, 0.3) is 0 Å². The molecule has 0 aliphatic rings. The maximum absolute atomic E-state index is 2.40. The maximum Gasteiger partial charge on any atom is 0.0541 e. The van der Waals surface area contributed by atoms with Gasteiger partial charge in [0.1, 0.15) is 0 Å². The molecule has 0 aliphatic carbocycles. The minimum absolute atomic E-state index is 1.19. The van der Waals surface area contributed by atoms with Crippen LogP contribution in [0.25, 0.3) is 231 Å². The number of rotatable bonds is 7. The van der Waals surface area contributed by atoms with Crippen molar-refractivity contribution in [2.45, 2.75) is 0 Å². The monoisotopic (exact) mass is 1610 g/mol. The Bertz CT molecular complexity index is 8860. The van der Waals surface area contributed by atoms with E-state index in [1.54, 1.807) is 0 Å². The van der Waals surface area contributed by atoms with E-state index in [2.05, 4.69) is 502 Å². The lowest BCUT2D eigenvalue weighted by atomic mass is 10.0. The molecule has 0 unspecified atom stereocenters. The molecule has 0 amide bonds. The molecule has 27 aromatic rings. The highest BCUT2D eigenvalue weighted by molar-refractivity contribution is 6.18. The van der Waals surface area contributed by atoms with E-state index < -0.39 is 0 Å². The van der Waals surface area contributed by atoms with E-state index in [-0.39, 0.29) is 0 Å². The number of aryl methyl sites for hydroxylation is 4. The first kappa shape index (κ1) is 73.5. The van der Waals surface area contributed by atoms with Crippen molar-refractivity contribution in [2.75, 3.05) is 0 Å². The lowest BCUT2D eigenvalue weighted by Gasteiger charge is -2.09. The van der Waals surface area contributed by atoms with Crippen molar-refractivity contribution in [3.63, 3.8) is 0 Å². The Hall–Kier alpha value is -16.4. The van der Waals surface area contributed by atoms with Gasteiger partial charge in [-0.25, -0.2) is 0 Å². The predicted octanol–water partition coefficient (Wildman–Crippen LogP) is 30.7. The van der Waals surface area contributed by atoms with Gasteiger partial charge in [-0.05, 0) is 191 Å². The Morgan fingerprint density at radius 3 is 0.587 bits per heavy atom. The Labute approximate surface area is 727 Å². The van der Waals surface area contributed by atoms with Crippen LogP contribution in [-0.4, -0.2) is 36.5 Å². The minimum Gasteiger partial charge on any atom is -0.344 e. The molecule has 0 saturated heterocycles. The Morgan fingerprint density at radius 2 is 0.286 bits per heavy atom. The first-order valence-corrected chi connectivity index (χ1v) is 43.4. The normalized spacial score (nSPS) is 11.8. The lowest BCUT2D eigenvalue weighted by molar-refractivity contribution is 1.01. The van der Waals surface area contributed by atoms with Crippen LogP contribution in [0.4, 0.5) is 0 Å². The van der Waals surface area contributed by atoms with Crippen LogP contribution in [0.1, 0.15) is 0 Å². The lowest BCUT2D eigenvalue weighted by Crippen LogP contribution is -1.94. The maximum atomic E-state index is 2.40.